The van der Waals surface area contributed by atoms with E-state index in [4.69, 9.17) is 5.26 Å². The van der Waals surface area contributed by atoms with E-state index in [0.717, 1.165) is 31.8 Å². The number of piperazine rings is 1. The van der Waals surface area contributed by atoms with Crippen LogP contribution in [0.25, 0.3) is 0 Å². The van der Waals surface area contributed by atoms with E-state index < -0.39 is 0 Å². The van der Waals surface area contributed by atoms with Crippen molar-refractivity contribution in [3.8, 4) is 6.07 Å². The number of nitrogens with zero attached hydrogens (tertiary/aromatic N) is 2. The van der Waals surface area contributed by atoms with Crippen LogP contribution >= 0.6 is 0 Å². The smallest absolute Gasteiger partial charge is 0.317 e. The molecule has 5 nitrogen and oxygen atoms in total. The predicted octanol–water partition coefficient (Wildman–Crippen LogP) is 1.18. The van der Waals surface area contributed by atoms with Gasteiger partial charge >= 0.3 is 6.03 Å². The minimum atomic E-state index is -0.0394. The van der Waals surface area contributed by atoms with Gasteiger partial charge in [0.1, 0.15) is 0 Å². The first-order chi connectivity index (χ1) is 9.17. The Bertz CT molecular complexity index is 425. The summed E-state index contributed by atoms with van der Waals surface area (Å²) < 4.78 is 0. The van der Waals surface area contributed by atoms with Gasteiger partial charge in [0.15, 0.2) is 0 Å². The van der Waals surface area contributed by atoms with E-state index in [9.17, 15) is 4.79 Å². The molecule has 1 rings (SSSR count). The van der Waals surface area contributed by atoms with Crippen molar-refractivity contribution in [1.82, 2.24) is 15.5 Å². The maximum atomic E-state index is 11.8. The number of carbonyl (C=O) groups excluding carboxylic acids is 1. The van der Waals surface area contributed by atoms with Gasteiger partial charge in [-0.25, -0.2) is 4.79 Å². The van der Waals surface area contributed by atoms with Gasteiger partial charge in [-0.05, 0) is 13.0 Å². The molecule has 0 aliphatic carbocycles. The molecule has 0 spiro atoms. The van der Waals surface area contributed by atoms with Crippen molar-refractivity contribution in [2.24, 2.45) is 0 Å². The summed E-state index contributed by atoms with van der Waals surface area (Å²) in [6.45, 7) is 9.10. The molecular weight excluding hydrogens is 240 g/mol. The molecule has 1 heterocycles. The number of urea groups is 1. The van der Waals surface area contributed by atoms with Gasteiger partial charge in [-0.15, -0.1) is 0 Å². The van der Waals surface area contributed by atoms with Crippen LogP contribution in [0.15, 0.2) is 36.0 Å². The molecule has 1 saturated heterocycles. The van der Waals surface area contributed by atoms with Crippen LogP contribution < -0.4 is 10.6 Å². The number of carbonyl (C=O) groups is 1. The second kappa shape index (κ2) is 8.11. The van der Waals surface area contributed by atoms with Gasteiger partial charge in [0.2, 0.25) is 0 Å². The van der Waals surface area contributed by atoms with E-state index in [0.29, 0.717) is 12.1 Å². The average molecular weight is 260 g/mol. The zero-order valence-electron chi connectivity index (χ0n) is 11.3. The third kappa shape index (κ3) is 5.40. The van der Waals surface area contributed by atoms with Gasteiger partial charge < -0.3 is 15.5 Å². The monoisotopic (exact) mass is 260 g/mol. The van der Waals surface area contributed by atoms with Crippen molar-refractivity contribution in [2.75, 3.05) is 32.7 Å². The van der Waals surface area contributed by atoms with Crippen LogP contribution in [-0.2, 0) is 0 Å². The van der Waals surface area contributed by atoms with Gasteiger partial charge in [0, 0.05) is 32.7 Å². The lowest BCUT2D eigenvalue weighted by atomic mass is 10.2. The normalized spacial score (nSPS) is 16.7. The highest BCUT2D eigenvalue weighted by molar-refractivity contribution is 5.74. The molecule has 0 aromatic rings. The van der Waals surface area contributed by atoms with Crippen molar-refractivity contribution in [3.63, 3.8) is 0 Å². The van der Waals surface area contributed by atoms with E-state index in [2.05, 4.69) is 17.2 Å². The Labute approximate surface area is 114 Å². The second-order valence-electron chi connectivity index (χ2n) is 4.35. The predicted molar refractivity (Wildman–Crippen MR) is 75.5 cm³/mol. The standard InChI is InChI=1S/C14H20N4O/c1-3-13(10-15)5-4-12(2)11-17-14(19)18-8-6-16-7-9-18/h3-5,16H,1,6-9,11H2,2H3,(H,17,19)/b12-4+,13-5+. The van der Waals surface area contributed by atoms with Crippen LogP contribution in [0.5, 0.6) is 0 Å². The zero-order chi connectivity index (χ0) is 14.1. The van der Waals surface area contributed by atoms with E-state index >= 15 is 0 Å². The molecule has 1 aliphatic heterocycles. The fourth-order valence-electron chi connectivity index (χ4n) is 1.64. The Hall–Kier alpha value is -2.06. The van der Waals surface area contributed by atoms with Crippen LogP contribution in [0.2, 0.25) is 0 Å². The molecule has 0 atom stereocenters. The summed E-state index contributed by atoms with van der Waals surface area (Å²) in [5, 5.41) is 14.8. The van der Waals surface area contributed by atoms with Crippen LogP contribution in [0, 0.1) is 11.3 Å². The van der Waals surface area contributed by atoms with E-state index in [-0.39, 0.29) is 6.03 Å². The molecule has 19 heavy (non-hydrogen) atoms. The number of nitrogens with one attached hydrogen (secondary N) is 2. The summed E-state index contributed by atoms with van der Waals surface area (Å²) >= 11 is 0. The Morgan fingerprint density at radius 3 is 2.74 bits per heavy atom. The van der Waals surface area contributed by atoms with E-state index in [1.54, 1.807) is 11.0 Å². The summed E-state index contributed by atoms with van der Waals surface area (Å²) in [5.41, 5.74) is 1.49. The minimum Gasteiger partial charge on any atom is -0.334 e. The number of rotatable bonds is 4. The molecular formula is C14H20N4O. The number of nitriles is 1. The zero-order valence-corrected chi connectivity index (χ0v) is 11.3. The average Bonchev–Trinajstić information content (AvgIpc) is 2.46. The van der Waals surface area contributed by atoms with Gasteiger partial charge in [-0.2, -0.15) is 5.26 Å². The topological polar surface area (TPSA) is 68.2 Å². The van der Waals surface area contributed by atoms with Crippen molar-refractivity contribution >= 4 is 6.03 Å². The maximum Gasteiger partial charge on any atom is 0.317 e. The largest absolute Gasteiger partial charge is 0.334 e. The molecule has 102 valence electrons. The summed E-state index contributed by atoms with van der Waals surface area (Å²) in [6, 6.07) is 1.98. The maximum absolute atomic E-state index is 11.8. The molecule has 0 aromatic carbocycles. The van der Waals surface area contributed by atoms with Crippen molar-refractivity contribution in [1.29, 1.82) is 5.26 Å². The molecule has 1 aliphatic rings. The van der Waals surface area contributed by atoms with Crippen LogP contribution in [0.4, 0.5) is 4.79 Å². The first-order valence-electron chi connectivity index (χ1n) is 6.31. The second-order valence-corrected chi connectivity index (χ2v) is 4.35. The van der Waals surface area contributed by atoms with Crippen molar-refractivity contribution in [2.45, 2.75) is 6.92 Å². The summed E-state index contributed by atoms with van der Waals surface area (Å²) in [6.07, 6.45) is 5.01. The lowest BCUT2D eigenvalue weighted by Gasteiger charge is -2.27. The molecule has 2 amide bonds. The van der Waals surface area contributed by atoms with E-state index in [1.807, 2.05) is 19.1 Å². The molecule has 0 unspecified atom stereocenters. The molecule has 1 fully saturated rings. The molecule has 5 heteroatoms. The third-order valence-electron chi connectivity index (χ3n) is 2.82. The highest BCUT2D eigenvalue weighted by atomic mass is 16.2. The van der Waals surface area contributed by atoms with Crippen LogP contribution in [0.1, 0.15) is 6.92 Å². The highest BCUT2D eigenvalue weighted by Crippen LogP contribution is 1.98. The summed E-state index contributed by atoms with van der Waals surface area (Å²) in [5.74, 6) is 0. The minimum absolute atomic E-state index is 0.0394. The first-order valence-corrected chi connectivity index (χ1v) is 6.31. The van der Waals surface area contributed by atoms with Gasteiger partial charge in [-0.1, -0.05) is 24.3 Å². The Balaban J connectivity index is 2.41. The summed E-state index contributed by atoms with van der Waals surface area (Å²) in [4.78, 5) is 13.6. The van der Waals surface area contributed by atoms with E-state index in [1.165, 1.54) is 6.08 Å². The fraction of sp³-hybridized carbons (Fsp3) is 0.429. The molecule has 0 radical (unpaired) electrons. The fourth-order valence-corrected chi connectivity index (χ4v) is 1.64. The number of hydrogen-bond acceptors (Lipinski definition) is 3. The van der Waals surface area contributed by atoms with Gasteiger partial charge in [0.25, 0.3) is 0 Å². The number of allylic oxidation sites excluding steroid dienone is 4. The highest BCUT2D eigenvalue weighted by Gasteiger charge is 2.14. The Morgan fingerprint density at radius 2 is 2.16 bits per heavy atom. The van der Waals surface area contributed by atoms with Crippen LogP contribution in [-0.4, -0.2) is 43.7 Å². The number of amides is 2. The molecule has 0 bridgehead atoms. The molecule has 2 N–H and O–H groups in total. The SMILES string of the molecule is C=C/C(C#N)=C\C=C(/C)CNC(=O)N1CCNCC1. The lowest BCUT2D eigenvalue weighted by Crippen LogP contribution is -2.50. The first kappa shape index (κ1) is 15.0. The Kier molecular flexibility index (Phi) is 6.41. The third-order valence-corrected chi connectivity index (χ3v) is 2.82. The van der Waals surface area contributed by atoms with Gasteiger partial charge in [-0.3, -0.25) is 0 Å². The Morgan fingerprint density at radius 1 is 1.47 bits per heavy atom. The summed E-state index contributed by atoms with van der Waals surface area (Å²) in [7, 11) is 0. The van der Waals surface area contributed by atoms with Crippen LogP contribution in [0.3, 0.4) is 0 Å². The van der Waals surface area contributed by atoms with Gasteiger partial charge in [0.05, 0.1) is 11.6 Å². The van der Waals surface area contributed by atoms with Crippen molar-refractivity contribution in [3.05, 3.63) is 36.0 Å². The van der Waals surface area contributed by atoms with Crippen molar-refractivity contribution < 1.29 is 4.79 Å². The molecule has 0 saturated carbocycles. The lowest BCUT2D eigenvalue weighted by molar-refractivity contribution is 0.191. The molecule has 0 aromatic heterocycles. The number of hydrogen-bond donors (Lipinski definition) is 2. The quantitative estimate of drug-likeness (QED) is 0.589.